The molecule has 0 atom stereocenters. The maximum Gasteiger partial charge on any atom is 0.234 e. The van der Waals surface area contributed by atoms with Crippen LogP contribution in [0.1, 0.15) is 19.4 Å². The molecule has 88 valence electrons. The van der Waals surface area contributed by atoms with Crippen molar-refractivity contribution in [3.8, 4) is 0 Å². The Morgan fingerprint density at radius 2 is 2.25 bits per heavy atom. The van der Waals surface area contributed by atoms with E-state index in [9.17, 15) is 4.79 Å². The number of nitrogens with zero attached hydrogens (tertiary/aromatic N) is 1. The second-order valence-corrected chi connectivity index (χ2v) is 4.75. The van der Waals surface area contributed by atoms with Gasteiger partial charge < -0.3 is 10.6 Å². The number of rotatable bonds is 5. The minimum atomic E-state index is 0.0120. The molecule has 16 heavy (non-hydrogen) atoms. The SMILES string of the molecule is CC(C)NC(=O)CNCc1cncc(Br)c1. The molecule has 0 aliphatic carbocycles. The summed E-state index contributed by atoms with van der Waals surface area (Å²) >= 11 is 3.35. The number of hydrogen-bond acceptors (Lipinski definition) is 3. The molecule has 0 fully saturated rings. The maximum atomic E-state index is 11.3. The normalized spacial score (nSPS) is 10.5. The minimum Gasteiger partial charge on any atom is -0.353 e. The van der Waals surface area contributed by atoms with E-state index in [2.05, 4.69) is 31.5 Å². The number of pyridine rings is 1. The molecule has 4 nitrogen and oxygen atoms in total. The summed E-state index contributed by atoms with van der Waals surface area (Å²) in [4.78, 5) is 15.4. The van der Waals surface area contributed by atoms with E-state index in [4.69, 9.17) is 0 Å². The van der Waals surface area contributed by atoms with Gasteiger partial charge in [-0.25, -0.2) is 0 Å². The van der Waals surface area contributed by atoms with E-state index in [1.807, 2.05) is 19.9 Å². The molecule has 0 aromatic carbocycles. The standard InChI is InChI=1S/C11H16BrN3O/c1-8(2)15-11(16)7-14-5-9-3-10(12)6-13-4-9/h3-4,6,8,14H,5,7H2,1-2H3,(H,15,16). The molecular weight excluding hydrogens is 270 g/mol. The van der Waals surface area contributed by atoms with Gasteiger partial charge in [0.1, 0.15) is 0 Å². The van der Waals surface area contributed by atoms with Crippen LogP contribution in [-0.4, -0.2) is 23.5 Å². The van der Waals surface area contributed by atoms with Crippen molar-refractivity contribution in [2.75, 3.05) is 6.54 Å². The Morgan fingerprint density at radius 1 is 1.50 bits per heavy atom. The number of carbonyl (C=O) groups is 1. The quantitative estimate of drug-likeness (QED) is 0.861. The molecule has 1 amide bonds. The van der Waals surface area contributed by atoms with Crippen molar-refractivity contribution in [1.82, 2.24) is 15.6 Å². The molecule has 1 heterocycles. The minimum absolute atomic E-state index is 0.0120. The van der Waals surface area contributed by atoms with Crippen LogP contribution >= 0.6 is 15.9 Å². The van der Waals surface area contributed by atoms with E-state index in [-0.39, 0.29) is 11.9 Å². The molecule has 0 saturated heterocycles. The average molecular weight is 286 g/mol. The third-order valence-corrected chi connectivity index (χ3v) is 2.26. The largest absolute Gasteiger partial charge is 0.353 e. The van der Waals surface area contributed by atoms with Crippen LogP contribution in [0.2, 0.25) is 0 Å². The first-order valence-electron chi connectivity index (χ1n) is 5.17. The van der Waals surface area contributed by atoms with Crippen LogP contribution < -0.4 is 10.6 Å². The summed E-state index contributed by atoms with van der Waals surface area (Å²) in [7, 11) is 0. The number of aromatic nitrogens is 1. The Balaban J connectivity index is 2.28. The lowest BCUT2D eigenvalue weighted by molar-refractivity contribution is -0.120. The fourth-order valence-electron chi connectivity index (χ4n) is 1.25. The van der Waals surface area contributed by atoms with E-state index in [0.717, 1.165) is 10.0 Å². The van der Waals surface area contributed by atoms with Crippen LogP contribution in [0.3, 0.4) is 0 Å². The summed E-state index contributed by atoms with van der Waals surface area (Å²) < 4.78 is 0.943. The summed E-state index contributed by atoms with van der Waals surface area (Å²) in [6.45, 7) is 4.84. The molecule has 0 unspecified atom stereocenters. The van der Waals surface area contributed by atoms with Crippen molar-refractivity contribution in [1.29, 1.82) is 0 Å². The van der Waals surface area contributed by atoms with Crippen LogP contribution in [0.25, 0.3) is 0 Å². The van der Waals surface area contributed by atoms with Gasteiger partial charge in [-0.15, -0.1) is 0 Å². The zero-order valence-electron chi connectivity index (χ0n) is 9.46. The van der Waals surface area contributed by atoms with Gasteiger partial charge in [-0.1, -0.05) is 0 Å². The fraction of sp³-hybridized carbons (Fsp3) is 0.455. The monoisotopic (exact) mass is 285 g/mol. The average Bonchev–Trinajstić information content (AvgIpc) is 2.16. The molecule has 0 aliphatic heterocycles. The summed E-state index contributed by atoms with van der Waals surface area (Å²) in [5.41, 5.74) is 1.05. The van der Waals surface area contributed by atoms with Gasteiger partial charge in [-0.3, -0.25) is 9.78 Å². The predicted molar refractivity (Wildman–Crippen MR) is 66.9 cm³/mol. The lowest BCUT2D eigenvalue weighted by atomic mass is 10.3. The number of hydrogen-bond donors (Lipinski definition) is 2. The van der Waals surface area contributed by atoms with Gasteiger partial charge in [0.25, 0.3) is 0 Å². The molecule has 1 aromatic rings. The van der Waals surface area contributed by atoms with Gasteiger partial charge >= 0.3 is 0 Å². The summed E-state index contributed by atoms with van der Waals surface area (Å²) in [6, 6.07) is 2.15. The molecule has 0 aliphatic rings. The van der Waals surface area contributed by atoms with Crippen LogP contribution in [0.15, 0.2) is 22.9 Å². The molecule has 0 bridgehead atoms. The molecule has 1 aromatic heterocycles. The van der Waals surface area contributed by atoms with Crippen LogP contribution in [0, 0.1) is 0 Å². The van der Waals surface area contributed by atoms with E-state index in [1.165, 1.54) is 0 Å². The van der Waals surface area contributed by atoms with Gasteiger partial charge in [0.2, 0.25) is 5.91 Å². The molecule has 0 spiro atoms. The van der Waals surface area contributed by atoms with E-state index < -0.39 is 0 Å². The fourth-order valence-corrected chi connectivity index (χ4v) is 1.66. The molecule has 5 heteroatoms. The number of nitrogens with one attached hydrogen (secondary N) is 2. The zero-order valence-corrected chi connectivity index (χ0v) is 11.0. The predicted octanol–water partition coefficient (Wildman–Crippen LogP) is 1.46. The summed E-state index contributed by atoms with van der Waals surface area (Å²) in [6.07, 6.45) is 3.51. The van der Waals surface area contributed by atoms with Gasteiger partial charge in [0, 0.05) is 29.5 Å². The topological polar surface area (TPSA) is 54.0 Å². The van der Waals surface area contributed by atoms with Crippen molar-refractivity contribution in [3.05, 3.63) is 28.5 Å². The highest BCUT2D eigenvalue weighted by Crippen LogP contribution is 2.08. The van der Waals surface area contributed by atoms with Crippen molar-refractivity contribution in [3.63, 3.8) is 0 Å². The Morgan fingerprint density at radius 3 is 2.88 bits per heavy atom. The molecule has 2 N–H and O–H groups in total. The Labute approximate surface area is 104 Å². The third kappa shape index (κ3) is 5.23. The maximum absolute atomic E-state index is 11.3. The van der Waals surface area contributed by atoms with Gasteiger partial charge in [0.15, 0.2) is 0 Å². The first-order chi connectivity index (χ1) is 7.58. The van der Waals surface area contributed by atoms with Crippen LogP contribution in [0.4, 0.5) is 0 Å². The second-order valence-electron chi connectivity index (χ2n) is 3.84. The smallest absolute Gasteiger partial charge is 0.234 e. The third-order valence-electron chi connectivity index (χ3n) is 1.83. The Kier molecular flexibility index (Phi) is 5.42. The van der Waals surface area contributed by atoms with Crippen molar-refractivity contribution < 1.29 is 4.79 Å². The zero-order chi connectivity index (χ0) is 12.0. The highest BCUT2D eigenvalue weighted by Gasteiger charge is 2.02. The van der Waals surface area contributed by atoms with Crippen LogP contribution in [-0.2, 0) is 11.3 Å². The summed E-state index contributed by atoms with van der Waals surface area (Å²) in [5.74, 6) is 0.0120. The molecular formula is C11H16BrN3O. The highest BCUT2D eigenvalue weighted by molar-refractivity contribution is 9.10. The number of halogens is 1. The second kappa shape index (κ2) is 6.60. The Bertz CT molecular complexity index is 355. The number of amides is 1. The highest BCUT2D eigenvalue weighted by atomic mass is 79.9. The van der Waals surface area contributed by atoms with E-state index >= 15 is 0 Å². The van der Waals surface area contributed by atoms with Crippen molar-refractivity contribution in [2.45, 2.75) is 26.4 Å². The first kappa shape index (κ1) is 13.1. The van der Waals surface area contributed by atoms with E-state index in [1.54, 1.807) is 12.4 Å². The van der Waals surface area contributed by atoms with Crippen molar-refractivity contribution in [2.24, 2.45) is 0 Å². The lowest BCUT2D eigenvalue weighted by Crippen LogP contribution is -2.37. The first-order valence-corrected chi connectivity index (χ1v) is 5.96. The van der Waals surface area contributed by atoms with Gasteiger partial charge in [-0.2, -0.15) is 0 Å². The molecule has 1 rings (SSSR count). The van der Waals surface area contributed by atoms with E-state index in [0.29, 0.717) is 13.1 Å². The number of carbonyl (C=O) groups excluding carboxylic acids is 1. The van der Waals surface area contributed by atoms with Gasteiger partial charge in [0.05, 0.1) is 6.54 Å². The van der Waals surface area contributed by atoms with Crippen molar-refractivity contribution >= 4 is 21.8 Å². The van der Waals surface area contributed by atoms with Crippen LogP contribution in [0.5, 0.6) is 0 Å². The van der Waals surface area contributed by atoms with Gasteiger partial charge in [-0.05, 0) is 41.4 Å². The lowest BCUT2D eigenvalue weighted by Gasteiger charge is -2.09. The molecule has 0 radical (unpaired) electrons. The molecule has 0 saturated carbocycles. The Hall–Kier alpha value is -0.940. The summed E-state index contributed by atoms with van der Waals surface area (Å²) in [5, 5.41) is 5.88.